The van der Waals surface area contributed by atoms with E-state index in [0.29, 0.717) is 29.5 Å². The van der Waals surface area contributed by atoms with Crippen molar-refractivity contribution in [2.75, 3.05) is 0 Å². The van der Waals surface area contributed by atoms with Crippen LogP contribution in [0.3, 0.4) is 0 Å². The van der Waals surface area contributed by atoms with Crippen LogP contribution >= 0.6 is 0 Å². The first kappa shape index (κ1) is 22.3. The number of aldehydes is 1. The summed E-state index contributed by atoms with van der Waals surface area (Å²) in [6.45, 7) is 7.68. The van der Waals surface area contributed by atoms with Gasteiger partial charge >= 0.3 is 5.97 Å². The lowest BCUT2D eigenvalue weighted by Gasteiger charge is -2.61. The molecule has 1 N–H and O–H groups in total. The molecule has 0 aromatic carbocycles. The average Bonchev–Trinajstić information content (AvgIpc) is 3.07. The summed E-state index contributed by atoms with van der Waals surface area (Å²) in [6, 6.07) is 0. The van der Waals surface area contributed by atoms with E-state index in [-0.39, 0.29) is 0 Å². The Morgan fingerprint density at radius 2 is 1.73 bits per heavy atom. The summed E-state index contributed by atoms with van der Waals surface area (Å²) in [5.41, 5.74) is 1.10. The zero-order valence-electron chi connectivity index (χ0n) is 19.6. The number of carbonyl (C=O) groups is 2. The lowest BCUT2D eigenvalue weighted by Crippen LogP contribution is -2.53. The Balaban J connectivity index is 1.41. The molecule has 170 valence electrons. The third-order valence-corrected chi connectivity index (χ3v) is 11.0. The lowest BCUT2D eigenvalue weighted by atomic mass is 9.44. The fourth-order valence-corrected chi connectivity index (χ4v) is 9.38. The molecular weight excluding hydrogens is 372 g/mol. The normalized spacial score (nSPS) is 45.0. The van der Waals surface area contributed by atoms with E-state index in [1.807, 2.05) is 0 Å². The van der Waals surface area contributed by atoms with Crippen molar-refractivity contribution in [3.8, 4) is 0 Å². The zero-order chi connectivity index (χ0) is 21.5. The van der Waals surface area contributed by atoms with Gasteiger partial charge in [-0.1, -0.05) is 46.5 Å². The molecule has 0 radical (unpaired) electrons. The summed E-state index contributed by atoms with van der Waals surface area (Å²) in [7, 11) is 0. The molecule has 1 unspecified atom stereocenters. The van der Waals surface area contributed by atoms with E-state index in [1.165, 1.54) is 64.2 Å². The van der Waals surface area contributed by atoms with Crippen molar-refractivity contribution in [2.45, 2.75) is 104 Å². The fourth-order valence-electron chi connectivity index (χ4n) is 9.38. The number of carboxylic acid groups (broad SMARTS) is 1. The van der Waals surface area contributed by atoms with Gasteiger partial charge in [0.15, 0.2) is 0 Å². The van der Waals surface area contributed by atoms with Crippen molar-refractivity contribution in [2.24, 2.45) is 52.3 Å². The number of carbonyl (C=O) groups excluding carboxylic acids is 1. The van der Waals surface area contributed by atoms with Crippen molar-refractivity contribution >= 4 is 12.3 Å². The molecule has 0 spiro atoms. The maximum absolute atomic E-state index is 11.1. The number of fused-ring (bicyclic) bond motifs is 5. The minimum absolute atomic E-state index is 0.481. The van der Waals surface area contributed by atoms with Gasteiger partial charge in [0, 0.05) is 0 Å². The molecule has 9 atom stereocenters. The summed E-state index contributed by atoms with van der Waals surface area (Å²) < 4.78 is 0. The van der Waals surface area contributed by atoms with Crippen LogP contribution in [-0.4, -0.2) is 17.4 Å². The van der Waals surface area contributed by atoms with Crippen LogP contribution in [0.1, 0.15) is 104 Å². The molecule has 4 rings (SSSR count). The third kappa shape index (κ3) is 3.66. The summed E-state index contributed by atoms with van der Waals surface area (Å²) in [5, 5.41) is 9.13. The quantitative estimate of drug-likeness (QED) is 0.369. The van der Waals surface area contributed by atoms with Crippen molar-refractivity contribution in [3.05, 3.63) is 0 Å². The highest BCUT2D eigenvalue weighted by Gasteiger charge is 2.60. The first-order valence-electron chi connectivity index (χ1n) is 13.0. The summed E-state index contributed by atoms with van der Waals surface area (Å²) >= 11 is 0. The van der Waals surface area contributed by atoms with E-state index in [1.54, 1.807) is 0 Å². The number of rotatable bonds is 7. The minimum atomic E-state index is -0.962. The molecular formula is C27H44O3. The molecule has 4 aliphatic rings. The minimum Gasteiger partial charge on any atom is -0.481 e. The molecule has 4 aliphatic carbocycles. The molecule has 4 saturated carbocycles. The van der Waals surface area contributed by atoms with E-state index >= 15 is 0 Å². The van der Waals surface area contributed by atoms with Gasteiger partial charge in [-0.25, -0.2) is 0 Å². The SMILES string of the molecule is C[C@H](CCCC(C=O)C(=O)O)[C@H]1CC[C@H]2[C@@H]3CC[C@@H]4CCCC[C@]4(C)[C@H]3CC[C@]12C. The topological polar surface area (TPSA) is 54.4 Å². The Bertz CT molecular complexity index is 644. The van der Waals surface area contributed by atoms with Gasteiger partial charge in [-0.3, -0.25) is 4.79 Å². The fraction of sp³-hybridized carbons (Fsp3) is 0.926. The number of hydrogen-bond acceptors (Lipinski definition) is 2. The summed E-state index contributed by atoms with van der Waals surface area (Å²) in [4.78, 5) is 22.1. The second-order valence-corrected chi connectivity index (χ2v) is 12.1. The Morgan fingerprint density at radius 1 is 0.967 bits per heavy atom. The number of aliphatic carboxylic acids is 1. The maximum Gasteiger partial charge on any atom is 0.313 e. The van der Waals surface area contributed by atoms with Gasteiger partial charge in [-0.15, -0.1) is 0 Å². The largest absolute Gasteiger partial charge is 0.481 e. The van der Waals surface area contributed by atoms with Gasteiger partial charge in [0.25, 0.3) is 0 Å². The molecule has 0 heterocycles. The highest BCUT2D eigenvalue weighted by Crippen LogP contribution is 2.68. The highest BCUT2D eigenvalue weighted by atomic mass is 16.4. The van der Waals surface area contributed by atoms with Crippen LogP contribution in [0, 0.1) is 52.3 Å². The van der Waals surface area contributed by atoms with Gasteiger partial charge in [0.1, 0.15) is 12.2 Å². The van der Waals surface area contributed by atoms with Gasteiger partial charge in [-0.05, 0) is 104 Å². The molecule has 4 fully saturated rings. The summed E-state index contributed by atoms with van der Waals surface area (Å²) in [6.07, 6.45) is 17.5. The molecule has 0 saturated heterocycles. The number of carboxylic acids is 1. The van der Waals surface area contributed by atoms with Crippen LogP contribution in [0.2, 0.25) is 0 Å². The van der Waals surface area contributed by atoms with E-state index in [9.17, 15) is 9.59 Å². The van der Waals surface area contributed by atoms with Gasteiger partial charge < -0.3 is 9.90 Å². The van der Waals surface area contributed by atoms with Crippen molar-refractivity contribution in [3.63, 3.8) is 0 Å². The van der Waals surface area contributed by atoms with Crippen LogP contribution in [0.15, 0.2) is 0 Å². The standard InChI is InChI=1S/C27H44O3/c1-18(7-6-8-19(17-28)25(29)30)22-12-13-23-21-11-10-20-9-4-5-15-26(20,2)24(21)14-16-27(22,23)3/h17-24H,4-16H2,1-3H3,(H,29,30)/t18-,19?,20+,21+,22-,23+,24+,26+,27-/m1/s1. The van der Waals surface area contributed by atoms with E-state index in [4.69, 9.17) is 5.11 Å². The molecule has 0 aromatic heterocycles. The van der Waals surface area contributed by atoms with Crippen LogP contribution in [0.5, 0.6) is 0 Å². The highest BCUT2D eigenvalue weighted by molar-refractivity contribution is 5.86. The predicted molar refractivity (Wildman–Crippen MR) is 120 cm³/mol. The molecule has 0 aliphatic heterocycles. The smallest absolute Gasteiger partial charge is 0.313 e. The Labute approximate surface area is 183 Å². The van der Waals surface area contributed by atoms with Crippen LogP contribution < -0.4 is 0 Å². The molecule has 3 heteroatoms. The molecule has 3 nitrogen and oxygen atoms in total. The van der Waals surface area contributed by atoms with Crippen molar-refractivity contribution < 1.29 is 14.7 Å². The average molecular weight is 417 g/mol. The van der Waals surface area contributed by atoms with Crippen molar-refractivity contribution in [1.29, 1.82) is 0 Å². The zero-order valence-corrected chi connectivity index (χ0v) is 19.6. The second kappa shape index (κ2) is 8.58. The second-order valence-electron chi connectivity index (χ2n) is 12.1. The van der Waals surface area contributed by atoms with Crippen LogP contribution in [0.4, 0.5) is 0 Å². The van der Waals surface area contributed by atoms with E-state index in [0.717, 1.165) is 42.4 Å². The Morgan fingerprint density at radius 3 is 2.47 bits per heavy atom. The third-order valence-electron chi connectivity index (χ3n) is 11.0. The maximum atomic E-state index is 11.1. The Kier molecular flexibility index (Phi) is 6.39. The Hall–Kier alpha value is -0.860. The van der Waals surface area contributed by atoms with Crippen molar-refractivity contribution in [1.82, 2.24) is 0 Å². The van der Waals surface area contributed by atoms with Gasteiger partial charge in [0.2, 0.25) is 0 Å². The number of hydrogen-bond donors (Lipinski definition) is 1. The van der Waals surface area contributed by atoms with E-state index < -0.39 is 11.9 Å². The van der Waals surface area contributed by atoms with Gasteiger partial charge in [0.05, 0.1) is 0 Å². The first-order chi connectivity index (χ1) is 14.3. The molecule has 0 amide bonds. The monoisotopic (exact) mass is 416 g/mol. The molecule has 30 heavy (non-hydrogen) atoms. The summed E-state index contributed by atoms with van der Waals surface area (Å²) in [5.74, 6) is 3.46. The van der Waals surface area contributed by atoms with Gasteiger partial charge in [-0.2, -0.15) is 0 Å². The molecule has 0 aromatic rings. The predicted octanol–water partition coefficient (Wildman–Crippen LogP) is 6.74. The van der Waals surface area contributed by atoms with Crippen LogP contribution in [0.25, 0.3) is 0 Å². The lowest BCUT2D eigenvalue weighted by molar-refractivity contribution is -0.143. The first-order valence-corrected chi connectivity index (χ1v) is 13.0. The van der Waals surface area contributed by atoms with Crippen LogP contribution in [-0.2, 0) is 9.59 Å². The molecule has 0 bridgehead atoms. The van der Waals surface area contributed by atoms with E-state index in [2.05, 4.69) is 20.8 Å².